The number of halogens is 4. The number of ether oxygens (including phenoxy) is 1. The normalized spacial score (nSPS) is 11.2. The molecule has 24 heavy (non-hydrogen) atoms. The van der Waals surface area contributed by atoms with Crippen LogP contribution in [0.4, 0.5) is 18.9 Å². The summed E-state index contributed by atoms with van der Waals surface area (Å²) in [5.74, 6) is 0.440. The summed E-state index contributed by atoms with van der Waals surface area (Å²) in [4.78, 5) is 11.8. The third-order valence-corrected chi connectivity index (χ3v) is 3.66. The molecule has 128 valence electrons. The Hall–Kier alpha value is -2.02. The van der Waals surface area contributed by atoms with Crippen molar-refractivity contribution in [3.8, 4) is 5.75 Å². The molecule has 0 saturated carbocycles. The summed E-state index contributed by atoms with van der Waals surface area (Å²) in [5.41, 5.74) is -0.412. The van der Waals surface area contributed by atoms with E-state index in [1.807, 2.05) is 24.3 Å². The van der Waals surface area contributed by atoms with E-state index in [1.54, 1.807) is 0 Å². The topological polar surface area (TPSA) is 38.3 Å². The van der Waals surface area contributed by atoms with Gasteiger partial charge in [-0.25, -0.2) is 0 Å². The summed E-state index contributed by atoms with van der Waals surface area (Å²) in [5, 5.41) is 2.56. The Morgan fingerprint density at radius 1 is 1.04 bits per heavy atom. The van der Waals surface area contributed by atoms with E-state index in [2.05, 4.69) is 21.2 Å². The number of benzene rings is 2. The second kappa shape index (κ2) is 8.19. The highest BCUT2D eigenvalue weighted by molar-refractivity contribution is 9.10. The zero-order valence-electron chi connectivity index (χ0n) is 12.6. The molecule has 0 aliphatic carbocycles. The maximum absolute atomic E-state index is 12.4. The van der Waals surface area contributed by atoms with Gasteiger partial charge in [0.25, 0.3) is 0 Å². The molecular formula is C17H15BrF3NO2. The van der Waals surface area contributed by atoms with Gasteiger partial charge < -0.3 is 10.1 Å². The molecule has 0 fully saturated rings. The zero-order chi connectivity index (χ0) is 17.6. The predicted molar refractivity (Wildman–Crippen MR) is 88.9 cm³/mol. The van der Waals surface area contributed by atoms with Crippen LogP contribution in [-0.4, -0.2) is 12.5 Å². The van der Waals surface area contributed by atoms with Crippen molar-refractivity contribution < 1.29 is 22.7 Å². The molecule has 0 aromatic heterocycles. The quantitative estimate of drug-likeness (QED) is 0.669. The average Bonchev–Trinajstić information content (AvgIpc) is 2.53. The van der Waals surface area contributed by atoms with Crippen LogP contribution in [0.1, 0.15) is 18.4 Å². The summed E-state index contributed by atoms with van der Waals surface area (Å²) in [6.45, 7) is 0.377. The van der Waals surface area contributed by atoms with Gasteiger partial charge in [0.05, 0.1) is 12.2 Å². The molecule has 0 spiro atoms. The maximum atomic E-state index is 12.4. The molecule has 1 amide bonds. The minimum absolute atomic E-state index is 0.220. The van der Waals surface area contributed by atoms with Crippen LogP contribution in [-0.2, 0) is 11.0 Å². The van der Waals surface area contributed by atoms with Crippen molar-refractivity contribution in [2.75, 3.05) is 11.9 Å². The molecule has 0 radical (unpaired) electrons. The van der Waals surface area contributed by atoms with Crippen molar-refractivity contribution >= 4 is 27.5 Å². The highest BCUT2D eigenvalue weighted by Gasteiger charge is 2.29. The minimum atomic E-state index is -4.38. The Balaban J connectivity index is 1.72. The van der Waals surface area contributed by atoms with E-state index in [0.29, 0.717) is 24.5 Å². The van der Waals surface area contributed by atoms with Crippen LogP contribution >= 0.6 is 15.9 Å². The smallest absolute Gasteiger partial charge is 0.416 e. The Morgan fingerprint density at radius 3 is 2.25 bits per heavy atom. The van der Waals surface area contributed by atoms with Gasteiger partial charge in [0.15, 0.2) is 0 Å². The number of hydrogen-bond donors (Lipinski definition) is 1. The number of hydrogen-bond acceptors (Lipinski definition) is 2. The predicted octanol–water partition coefficient (Wildman–Crippen LogP) is 5.27. The summed E-state index contributed by atoms with van der Waals surface area (Å²) in [6, 6.07) is 11.7. The molecule has 2 aromatic carbocycles. The number of rotatable bonds is 6. The summed E-state index contributed by atoms with van der Waals surface area (Å²) < 4.78 is 43.8. The van der Waals surface area contributed by atoms with Gasteiger partial charge in [-0.1, -0.05) is 15.9 Å². The van der Waals surface area contributed by atoms with Crippen molar-refractivity contribution in [2.24, 2.45) is 0 Å². The summed E-state index contributed by atoms with van der Waals surface area (Å²) in [6.07, 6.45) is -3.66. The molecule has 0 unspecified atom stereocenters. The Bertz CT molecular complexity index is 670. The van der Waals surface area contributed by atoms with Crippen LogP contribution in [0.2, 0.25) is 0 Å². The van der Waals surface area contributed by atoms with E-state index in [1.165, 1.54) is 12.1 Å². The first-order valence-electron chi connectivity index (χ1n) is 7.20. The zero-order valence-corrected chi connectivity index (χ0v) is 14.2. The van der Waals surface area contributed by atoms with Crippen molar-refractivity contribution in [3.05, 3.63) is 58.6 Å². The lowest BCUT2D eigenvalue weighted by Gasteiger charge is -2.09. The summed E-state index contributed by atoms with van der Waals surface area (Å²) in [7, 11) is 0. The number of amides is 1. The number of nitrogens with one attached hydrogen (secondary N) is 1. The Labute approximate surface area is 146 Å². The minimum Gasteiger partial charge on any atom is -0.494 e. The van der Waals surface area contributed by atoms with Gasteiger partial charge in [0.1, 0.15) is 5.75 Å². The van der Waals surface area contributed by atoms with E-state index < -0.39 is 11.7 Å². The van der Waals surface area contributed by atoms with E-state index in [9.17, 15) is 18.0 Å². The second-order valence-corrected chi connectivity index (χ2v) is 5.94. The first kappa shape index (κ1) is 18.3. The van der Waals surface area contributed by atoms with Crippen LogP contribution in [0.5, 0.6) is 5.75 Å². The van der Waals surface area contributed by atoms with E-state index in [4.69, 9.17) is 4.74 Å². The third-order valence-electron chi connectivity index (χ3n) is 3.13. The largest absolute Gasteiger partial charge is 0.494 e. The van der Waals surface area contributed by atoms with E-state index in [-0.39, 0.29) is 12.3 Å². The number of carbonyl (C=O) groups is 1. The van der Waals surface area contributed by atoms with Gasteiger partial charge in [-0.2, -0.15) is 13.2 Å². The lowest BCUT2D eigenvalue weighted by atomic mass is 10.2. The fourth-order valence-electron chi connectivity index (χ4n) is 1.92. The fraction of sp³-hybridized carbons (Fsp3) is 0.235. The molecule has 0 aliphatic rings. The van der Waals surface area contributed by atoms with Crippen molar-refractivity contribution in [1.82, 2.24) is 0 Å². The highest BCUT2D eigenvalue weighted by atomic mass is 79.9. The lowest BCUT2D eigenvalue weighted by Crippen LogP contribution is -2.13. The van der Waals surface area contributed by atoms with Crippen molar-refractivity contribution in [2.45, 2.75) is 19.0 Å². The molecule has 0 heterocycles. The van der Waals surface area contributed by atoms with Crippen LogP contribution in [0.15, 0.2) is 53.0 Å². The molecule has 3 nitrogen and oxygen atoms in total. The maximum Gasteiger partial charge on any atom is 0.416 e. The molecule has 0 saturated heterocycles. The van der Waals surface area contributed by atoms with Crippen molar-refractivity contribution in [3.63, 3.8) is 0 Å². The first-order valence-corrected chi connectivity index (χ1v) is 7.99. The highest BCUT2D eigenvalue weighted by Crippen LogP contribution is 2.29. The monoisotopic (exact) mass is 401 g/mol. The van der Waals surface area contributed by atoms with Gasteiger partial charge in [-0.05, 0) is 55.0 Å². The number of alkyl halides is 3. The van der Waals surface area contributed by atoms with Crippen molar-refractivity contribution in [1.29, 1.82) is 0 Å². The van der Waals surface area contributed by atoms with Gasteiger partial charge in [-0.3, -0.25) is 4.79 Å². The van der Waals surface area contributed by atoms with Gasteiger partial charge in [0, 0.05) is 16.6 Å². The molecule has 2 rings (SSSR count). The molecule has 0 atom stereocenters. The van der Waals surface area contributed by atoms with Gasteiger partial charge in [0.2, 0.25) is 5.91 Å². The lowest BCUT2D eigenvalue weighted by molar-refractivity contribution is -0.137. The molecule has 7 heteroatoms. The average molecular weight is 402 g/mol. The van der Waals surface area contributed by atoms with Crippen LogP contribution in [0.25, 0.3) is 0 Å². The van der Waals surface area contributed by atoms with Gasteiger partial charge >= 0.3 is 6.18 Å². The molecule has 2 aromatic rings. The number of anilines is 1. The molecular weight excluding hydrogens is 387 g/mol. The Kier molecular flexibility index (Phi) is 6.25. The molecule has 0 bridgehead atoms. The fourth-order valence-corrected chi connectivity index (χ4v) is 2.18. The summed E-state index contributed by atoms with van der Waals surface area (Å²) >= 11 is 3.32. The third kappa shape index (κ3) is 5.88. The SMILES string of the molecule is O=C(CCCOc1ccc(Br)cc1)Nc1ccc(C(F)(F)F)cc1. The number of carbonyl (C=O) groups excluding carboxylic acids is 1. The molecule has 0 aliphatic heterocycles. The van der Waals surface area contributed by atoms with Crippen LogP contribution < -0.4 is 10.1 Å². The van der Waals surface area contributed by atoms with Crippen LogP contribution in [0, 0.1) is 0 Å². The van der Waals surface area contributed by atoms with Crippen LogP contribution in [0.3, 0.4) is 0 Å². The standard InChI is InChI=1S/C17H15BrF3NO2/c18-13-5-9-15(10-6-13)24-11-1-2-16(23)22-14-7-3-12(4-8-14)17(19,20)21/h3-10H,1-2,11H2,(H,22,23). The van der Waals surface area contributed by atoms with Gasteiger partial charge in [-0.15, -0.1) is 0 Å². The van der Waals surface area contributed by atoms with E-state index in [0.717, 1.165) is 16.6 Å². The first-order chi connectivity index (χ1) is 11.3. The van der Waals surface area contributed by atoms with E-state index >= 15 is 0 Å². The Morgan fingerprint density at radius 2 is 1.67 bits per heavy atom. The second-order valence-electron chi connectivity index (χ2n) is 5.03. The molecule has 1 N–H and O–H groups in total.